The average Bonchev–Trinajstić information content (AvgIpc) is 2.62. The Kier molecular flexibility index (Phi) is 7.00. The molecule has 0 heterocycles. The summed E-state index contributed by atoms with van der Waals surface area (Å²) in [5.74, 6) is -0.600. The van der Waals surface area contributed by atoms with Crippen molar-refractivity contribution in [3.63, 3.8) is 0 Å². The highest BCUT2D eigenvalue weighted by molar-refractivity contribution is 7.89. The van der Waals surface area contributed by atoms with Gasteiger partial charge in [-0.05, 0) is 42.0 Å². The fourth-order valence-electron chi connectivity index (χ4n) is 1.96. The number of ether oxygens (including phenoxy) is 1. The van der Waals surface area contributed by atoms with Crippen LogP contribution < -0.4 is 4.72 Å². The SMILES string of the molecule is N#CCCNS(=O)(=O)c1ccc(C(=O)OCc2ccc(Cl)c(Cl)c2)cc1. The lowest BCUT2D eigenvalue weighted by atomic mass is 10.2. The van der Waals surface area contributed by atoms with Crippen molar-refractivity contribution in [2.45, 2.75) is 17.9 Å². The lowest BCUT2D eigenvalue weighted by Gasteiger charge is -2.08. The van der Waals surface area contributed by atoms with Crippen LogP contribution in [0.2, 0.25) is 10.0 Å². The molecule has 1 N–H and O–H groups in total. The smallest absolute Gasteiger partial charge is 0.338 e. The highest BCUT2D eigenvalue weighted by Crippen LogP contribution is 2.23. The Labute approximate surface area is 161 Å². The van der Waals surface area contributed by atoms with E-state index in [9.17, 15) is 13.2 Å². The Morgan fingerprint density at radius 2 is 1.81 bits per heavy atom. The van der Waals surface area contributed by atoms with Crippen molar-refractivity contribution in [3.8, 4) is 6.07 Å². The minimum Gasteiger partial charge on any atom is -0.457 e. The molecule has 0 aromatic heterocycles. The molecule has 2 rings (SSSR count). The van der Waals surface area contributed by atoms with Gasteiger partial charge < -0.3 is 4.74 Å². The first kappa shape index (κ1) is 20.2. The number of hydrogen-bond acceptors (Lipinski definition) is 5. The van der Waals surface area contributed by atoms with Gasteiger partial charge in [0.15, 0.2) is 0 Å². The van der Waals surface area contributed by atoms with Crippen LogP contribution in [0, 0.1) is 11.3 Å². The molecule has 0 saturated carbocycles. The van der Waals surface area contributed by atoms with Crippen LogP contribution in [0.15, 0.2) is 47.4 Å². The molecule has 0 unspecified atom stereocenters. The van der Waals surface area contributed by atoms with E-state index in [0.717, 1.165) is 0 Å². The van der Waals surface area contributed by atoms with Gasteiger partial charge in [0, 0.05) is 13.0 Å². The minimum absolute atomic E-state index is 0.00327. The molecule has 2 aromatic rings. The van der Waals surface area contributed by atoms with E-state index < -0.39 is 16.0 Å². The Morgan fingerprint density at radius 1 is 1.12 bits per heavy atom. The molecule has 0 amide bonds. The number of carbonyl (C=O) groups is 1. The van der Waals surface area contributed by atoms with E-state index in [2.05, 4.69) is 4.72 Å². The third kappa shape index (κ3) is 5.44. The standard InChI is InChI=1S/C17H14Cl2N2O4S/c18-15-7-2-12(10-16(15)19)11-25-17(22)13-3-5-14(6-4-13)26(23,24)21-9-1-8-20/h2-7,10,21H,1,9,11H2. The van der Waals surface area contributed by atoms with Crippen LogP contribution in [0.3, 0.4) is 0 Å². The number of nitrogens with one attached hydrogen (secondary N) is 1. The van der Waals surface area contributed by atoms with E-state index in [1.807, 2.05) is 6.07 Å². The number of nitrogens with zero attached hydrogens (tertiary/aromatic N) is 1. The second-order valence-electron chi connectivity index (χ2n) is 5.15. The molecular weight excluding hydrogens is 399 g/mol. The predicted octanol–water partition coefficient (Wildman–Crippen LogP) is 3.54. The first-order valence-electron chi connectivity index (χ1n) is 7.41. The lowest BCUT2D eigenvalue weighted by Crippen LogP contribution is -2.24. The number of carbonyl (C=O) groups excluding carboxylic acids is 1. The van der Waals surface area contributed by atoms with Gasteiger partial charge in [0.25, 0.3) is 0 Å². The highest BCUT2D eigenvalue weighted by Gasteiger charge is 2.15. The highest BCUT2D eigenvalue weighted by atomic mass is 35.5. The maximum absolute atomic E-state index is 12.1. The molecule has 0 aliphatic rings. The van der Waals surface area contributed by atoms with Gasteiger partial charge in [0.2, 0.25) is 10.0 Å². The number of nitriles is 1. The fourth-order valence-corrected chi connectivity index (χ4v) is 3.31. The summed E-state index contributed by atoms with van der Waals surface area (Å²) in [7, 11) is -3.72. The van der Waals surface area contributed by atoms with E-state index in [1.165, 1.54) is 24.3 Å². The molecule has 6 nitrogen and oxygen atoms in total. The van der Waals surface area contributed by atoms with Gasteiger partial charge in [0.05, 0.1) is 26.6 Å². The largest absolute Gasteiger partial charge is 0.457 e. The molecule has 0 aliphatic heterocycles. The van der Waals surface area contributed by atoms with Gasteiger partial charge in [-0.1, -0.05) is 29.3 Å². The molecule has 0 bridgehead atoms. The van der Waals surface area contributed by atoms with Crippen LogP contribution in [0.1, 0.15) is 22.3 Å². The van der Waals surface area contributed by atoms with Crippen molar-refractivity contribution in [3.05, 3.63) is 63.6 Å². The summed E-state index contributed by atoms with van der Waals surface area (Å²) in [6.45, 7) is 0.0256. The van der Waals surface area contributed by atoms with Crippen molar-refractivity contribution < 1.29 is 17.9 Å². The number of benzene rings is 2. The summed E-state index contributed by atoms with van der Waals surface area (Å²) in [6, 6.07) is 12.0. The molecule has 0 radical (unpaired) electrons. The molecule has 136 valence electrons. The number of rotatable bonds is 7. The lowest BCUT2D eigenvalue weighted by molar-refractivity contribution is 0.0472. The second-order valence-corrected chi connectivity index (χ2v) is 7.74. The summed E-state index contributed by atoms with van der Waals surface area (Å²) in [4.78, 5) is 12.1. The van der Waals surface area contributed by atoms with E-state index in [0.29, 0.717) is 15.6 Å². The summed E-state index contributed by atoms with van der Waals surface area (Å²) in [5, 5.41) is 9.21. The quantitative estimate of drug-likeness (QED) is 0.553. The van der Waals surface area contributed by atoms with E-state index in [-0.39, 0.29) is 30.0 Å². The van der Waals surface area contributed by atoms with Gasteiger partial charge in [-0.25, -0.2) is 17.9 Å². The van der Waals surface area contributed by atoms with Gasteiger partial charge >= 0.3 is 5.97 Å². The summed E-state index contributed by atoms with van der Waals surface area (Å²) >= 11 is 11.7. The molecule has 26 heavy (non-hydrogen) atoms. The molecular formula is C17H14Cl2N2O4S. The number of halogens is 2. The Balaban J connectivity index is 2.00. The zero-order valence-electron chi connectivity index (χ0n) is 13.4. The first-order chi connectivity index (χ1) is 12.3. The van der Waals surface area contributed by atoms with Crippen molar-refractivity contribution in [1.82, 2.24) is 4.72 Å². The van der Waals surface area contributed by atoms with Crippen molar-refractivity contribution >= 4 is 39.2 Å². The molecule has 0 saturated heterocycles. The zero-order valence-corrected chi connectivity index (χ0v) is 15.7. The third-order valence-corrected chi connectivity index (χ3v) is 5.50. The van der Waals surface area contributed by atoms with Crippen LogP contribution in [-0.4, -0.2) is 20.9 Å². The van der Waals surface area contributed by atoms with Gasteiger partial charge in [-0.15, -0.1) is 0 Å². The monoisotopic (exact) mass is 412 g/mol. The van der Waals surface area contributed by atoms with E-state index in [1.54, 1.807) is 18.2 Å². The maximum Gasteiger partial charge on any atom is 0.338 e. The van der Waals surface area contributed by atoms with Gasteiger partial charge in [-0.2, -0.15) is 5.26 Å². The van der Waals surface area contributed by atoms with E-state index in [4.69, 9.17) is 33.2 Å². The summed E-state index contributed by atoms with van der Waals surface area (Å²) in [6.07, 6.45) is 0.0678. The molecule has 9 heteroatoms. The summed E-state index contributed by atoms with van der Waals surface area (Å²) in [5.41, 5.74) is 0.884. The fraction of sp³-hybridized carbons (Fsp3) is 0.176. The number of sulfonamides is 1. The maximum atomic E-state index is 12.1. The van der Waals surface area contributed by atoms with Gasteiger partial charge in [0.1, 0.15) is 6.61 Å². The average molecular weight is 413 g/mol. The Bertz CT molecular complexity index is 938. The molecule has 2 aromatic carbocycles. The van der Waals surface area contributed by atoms with Crippen LogP contribution >= 0.6 is 23.2 Å². The van der Waals surface area contributed by atoms with E-state index >= 15 is 0 Å². The molecule has 0 fully saturated rings. The summed E-state index contributed by atoms with van der Waals surface area (Å²) < 4.78 is 31.5. The van der Waals surface area contributed by atoms with Crippen molar-refractivity contribution in [1.29, 1.82) is 5.26 Å². The Morgan fingerprint density at radius 3 is 2.42 bits per heavy atom. The first-order valence-corrected chi connectivity index (χ1v) is 9.65. The molecule has 0 spiro atoms. The van der Waals surface area contributed by atoms with Crippen LogP contribution in [0.4, 0.5) is 0 Å². The predicted molar refractivity (Wildman–Crippen MR) is 97.4 cm³/mol. The molecule has 0 aliphatic carbocycles. The number of hydrogen-bond donors (Lipinski definition) is 1. The van der Waals surface area contributed by atoms with Gasteiger partial charge in [-0.3, -0.25) is 0 Å². The topological polar surface area (TPSA) is 96.3 Å². The van der Waals surface area contributed by atoms with Crippen molar-refractivity contribution in [2.24, 2.45) is 0 Å². The minimum atomic E-state index is -3.72. The van der Waals surface area contributed by atoms with Crippen LogP contribution in [-0.2, 0) is 21.4 Å². The second kappa shape index (κ2) is 9.01. The van der Waals surface area contributed by atoms with Crippen LogP contribution in [0.25, 0.3) is 0 Å². The number of esters is 1. The van der Waals surface area contributed by atoms with Crippen molar-refractivity contribution in [2.75, 3.05) is 6.54 Å². The third-order valence-electron chi connectivity index (χ3n) is 3.28. The zero-order chi connectivity index (χ0) is 19.2. The molecule has 0 atom stereocenters. The normalized spacial score (nSPS) is 11.0. The Hall–Kier alpha value is -2.11. The van der Waals surface area contributed by atoms with Crippen LogP contribution in [0.5, 0.6) is 0 Å².